The van der Waals surface area contributed by atoms with Crippen molar-refractivity contribution in [1.82, 2.24) is 4.98 Å². The number of aromatic nitrogens is 1. The van der Waals surface area contributed by atoms with Crippen LogP contribution in [-0.4, -0.2) is 20.7 Å². The summed E-state index contributed by atoms with van der Waals surface area (Å²) < 4.78 is 13.8. The normalized spacial score (nSPS) is 13.0. The van der Waals surface area contributed by atoms with E-state index in [1.54, 1.807) is 41.8 Å². The minimum Gasteiger partial charge on any atom is -0.325 e. The molecule has 0 saturated heterocycles. The average molecular weight is 488 g/mol. The maximum absolute atomic E-state index is 12.9. The summed E-state index contributed by atoms with van der Waals surface area (Å²) in [6.07, 6.45) is 0. The van der Waals surface area contributed by atoms with Gasteiger partial charge in [-0.05, 0) is 52.7 Å². The molecular weight excluding hydrogens is 476 g/mol. The lowest BCUT2D eigenvalue weighted by Gasteiger charge is -2.18. The fourth-order valence-corrected chi connectivity index (χ4v) is 6.04. The van der Waals surface area contributed by atoms with E-state index in [0.717, 1.165) is 9.40 Å². The van der Waals surface area contributed by atoms with E-state index in [4.69, 9.17) is 23.4 Å². The highest BCUT2D eigenvalue weighted by atomic mass is 35.5. The monoisotopic (exact) mass is 487 g/mol. The van der Waals surface area contributed by atoms with Crippen molar-refractivity contribution in [3.05, 3.63) is 52.4 Å². The van der Waals surface area contributed by atoms with Gasteiger partial charge in [-0.25, -0.2) is 4.98 Å². The Kier molecular flexibility index (Phi) is 5.56. The Balaban J connectivity index is 1.71. The summed E-state index contributed by atoms with van der Waals surface area (Å²) in [5.74, 6) is -0.816. The number of thiazole rings is 1. The Hall–Kier alpha value is -1.71. The first-order chi connectivity index (χ1) is 13.8. The van der Waals surface area contributed by atoms with Crippen LogP contribution >= 0.6 is 53.6 Å². The highest BCUT2D eigenvalue weighted by molar-refractivity contribution is 7.53. The standard InChI is InChI=1S/C17H12Cl2N3O4PS2/c18-8-1-3-13-10(5-8)11(7-28-13)15(27(24,25)26)16(23)20-9-2-4-14-12(6-9)21-17(22-19)29-14/h1-7,15H,(H,20,23)(H,21,22)(H2,24,25,26). The minimum absolute atomic E-state index is 0.238. The van der Waals surface area contributed by atoms with Crippen molar-refractivity contribution in [2.75, 3.05) is 10.2 Å². The second-order valence-corrected chi connectivity index (χ2v) is 10.4. The topological polar surface area (TPSA) is 112 Å². The van der Waals surface area contributed by atoms with Crippen LogP contribution in [0, 0.1) is 0 Å². The average Bonchev–Trinajstić information content (AvgIpc) is 3.24. The van der Waals surface area contributed by atoms with Gasteiger partial charge >= 0.3 is 7.60 Å². The van der Waals surface area contributed by atoms with Gasteiger partial charge in [0.1, 0.15) is 0 Å². The molecule has 4 N–H and O–H groups in total. The lowest BCUT2D eigenvalue weighted by Crippen LogP contribution is -2.21. The molecule has 0 fully saturated rings. The van der Waals surface area contributed by atoms with Gasteiger partial charge in [0, 0.05) is 27.2 Å². The second kappa shape index (κ2) is 7.85. The van der Waals surface area contributed by atoms with Crippen molar-refractivity contribution in [2.24, 2.45) is 0 Å². The third kappa shape index (κ3) is 4.13. The highest BCUT2D eigenvalue weighted by Gasteiger charge is 2.39. The summed E-state index contributed by atoms with van der Waals surface area (Å²) in [4.78, 5) is 39.4. The van der Waals surface area contributed by atoms with Gasteiger partial charge in [-0.1, -0.05) is 22.9 Å². The first-order valence-electron chi connectivity index (χ1n) is 8.06. The Morgan fingerprint density at radius 3 is 2.66 bits per heavy atom. The second-order valence-electron chi connectivity index (χ2n) is 6.11. The summed E-state index contributed by atoms with van der Waals surface area (Å²) in [5, 5.41) is 5.62. The number of thiophene rings is 1. The predicted octanol–water partition coefficient (Wildman–Crippen LogP) is 5.59. The van der Waals surface area contributed by atoms with Gasteiger partial charge in [-0.15, -0.1) is 11.3 Å². The van der Waals surface area contributed by atoms with E-state index in [-0.39, 0.29) is 5.56 Å². The van der Waals surface area contributed by atoms with Gasteiger partial charge in [-0.3, -0.25) is 14.2 Å². The van der Waals surface area contributed by atoms with Crippen LogP contribution in [0.3, 0.4) is 0 Å². The number of nitrogens with zero attached hydrogens (tertiary/aromatic N) is 1. The largest absolute Gasteiger partial charge is 0.342 e. The summed E-state index contributed by atoms with van der Waals surface area (Å²) in [5.41, 5.74) is -0.469. The Morgan fingerprint density at radius 2 is 1.93 bits per heavy atom. The number of benzene rings is 2. The smallest absolute Gasteiger partial charge is 0.325 e. The number of hydrogen-bond acceptors (Lipinski definition) is 6. The molecule has 2 aromatic carbocycles. The molecular formula is C17H12Cl2N3O4PS2. The first kappa shape index (κ1) is 20.6. The first-order valence-corrected chi connectivity index (χ1v) is 12.2. The molecule has 1 unspecified atom stereocenters. The molecule has 1 atom stereocenters. The van der Waals surface area contributed by atoms with Gasteiger partial charge in [0.25, 0.3) is 0 Å². The summed E-state index contributed by atoms with van der Waals surface area (Å²) in [6.45, 7) is 0. The summed E-state index contributed by atoms with van der Waals surface area (Å²) in [7, 11) is -4.82. The van der Waals surface area contributed by atoms with E-state index in [0.29, 0.717) is 26.7 Å². The van der Waals surface area contributed by atoms with Crippen molar-refractivity contribution in [1.29, 1.82) is 0 Å². The van der Waals surface area contributed by atoms with Crippen LogP contribution in [0.4, 0.5) is 10.8 Å². The van der Waals surface area contributed by atoms with Gasteiger partial charge in [0.15, 0.2) is 10.8 Å². The summed E-state index contributed by atoms with van der Waals surface area (Å²) in [6, 6.07) is 10.0. The molecule has 0 aliphatic carbocycles. The molecule has 0 aliphatic rings. The molecule has 150 valence electrons. The van der Waals surface area contributed by atoms with Gasteiger partial charge in [0.05, 0.1) is 10.2 Å². The van der Waals surface area contributed by atoms with Gasteiger partial charge < -0.3 is 15.1 Å². The zero-order valence-corrected chi connectivity index (χ0v) is 18.3. The number of nitrogens with one attached hydrogen (secondary N) is 2. The quantitative estimate of drug-likeness (QED) is 0.215. The van der Waals surface area contributed by atoms with Crippen LogP contribution in [0.25, 0.3) is 20.3 Å². The SMILES string of the molecule is O=C(Nc1ccc2sc(NCl)nc2c1)C(c1csc2ccc(Cl)cc12)P(=O)(O)O. The molecule has 0 bridgehead atoms. The molecule has 0 spiro atoms. The van der Waals surface area contributed by atoms with E-state index < -0.39 is 19.2 Å². The van der Waals surface area contributed by atoms with E-state index in [2.05, 4.69) is 15.1 Å². The molecule has 29 heavy (non-hydrogen) atoms. The third-order valence-electron chi connectivity index (χ3n) is 4.18. The number of rotatable bonds is 5. The fraction of sp³-hybridized carbons (Fsp3) is 0.0588. The maximum atomic E-state index is 12.9. The molecule has 2 aromatic heterocycles. The lowest BCUT2D eigenvalue weighted by atomic mass is 10.1. The van der Waals surface area contributed by atoms with Crippen LogP contribution in [0.2, 0.25) is 5.02 Å². The minimum atomic E-state index is -4.82. The van der Waals surface area contributed by atoms with Gasteiger partial charge in [0.2, 0.25) is 5.91 Å². The van der Waals surface area contributed by atoms with Crippen LogP contribution in [0.15, 0.2) is 41.8 Å². The van der Waals surface area contributed by atoms with Crippen molar-refractivity contribution < 1.29 is 19.1 Å². The van der Waals surface area contributed by atoms with Crippen molar-refractivity contribution in [3.8, 4) is 0 Å². The lowest BCUT2D eigenvalue weighted by molar-refractivity contribution is -0.116. The van der Waals surface area contributed by atoms with Crippen LogP contribution in [0.1, 0.15) is 11.2 Å². The molecule has 0 aliphatic heterocycles. The van der Waals surface area contributed by atoms with Crippen LogP contribution in [0.5, 0.6) is 0 Å². The molecule has 12 heteroatoms. The van der Waals surface area contributed by atoms with Crippen molar-refractivity contribution in [2.45, 2.75) is 5.66 Å². The number of fused-ring (bicyclic) bond motifs is 2. The Morgan fingerprint density at radius 1 is 1.17 bits per heavy atom. The summed E-state index contributed by atoms with van der Waals surface area (Å²) >= 11 is 14.2. The van der Waals surface area contributed by atoms with Crippen LogP contribution < -0.4 is 10.2 Å². The van der Waals surface area contributed by atoms with E-state index >= 15 is 0 Å². The Labute approximate surface area is 182 Å². The third-order valence-corrected chi connectivity index (χ3v) is 7.83. The molecule has 7 nitrogen and oxygen atoms in total. The number of carbonyl (C=O) groups excluding carboxylic acids is 1. The number of halogens is 2. The van der Waals surface area contributed by atoms with Crippen LogP contribution in [-0.2, 0) is 9.36 Å². The molecule has 0 saturated carbocycles. The molecule has 2 heterocycles. The molecule has 1 amide bonds. The number of carbonyl (C=O) groups is 1. The maximum Gasteiger partial charge on any atom is 0.342 e. The van der Waals surface area contributed by atoms with E-state index in [1.165, 1.54) is 22.7 Å². The van der Waals surface area contributed by atoms with E-state index in [9.17, 15) is 19.1 Å². The van der Waals surface area contributed by atoms with Crippen molar-refractivity contribution >= 4 is 90.7 Å². The zero-order valence-electron chi connectivity index (χ0n) is 14.3. The zero-order chi connectivity index (χ0) is 20.8. The number of hydrogen-bond donors (Lipinski definition) is 4. The predicted molar refractivity (Wildman–Crippen MR) is 119 cm³/mol. The Bertz CT molecular complexity index is 1290. The van der Waals surface area contributed by atoms with E-state index in [1.807, 2.05) is 0 Å². The highest BCUT2D eigenvalue weighted by Crippen LogP contribution is 2.54. The molecule has 0 radical (unpaired) electrons. The number of anilines is 2. The fourth-order valence-electron chi connectivity index (χ4n) is 2.96. The number of amides is 1. The van der Waals surface area contributed by atoms with Gasteiger partial charge in [-0.2, -0.15) is 0 Å². The molecule has 4 rings (SSSR count). The van der Waals surface area contributed by atoms with Crippen molar-refractivity contribution in [3.63, 3.8) is 0 Å². The molecule has 4 aromatic rings.